The number of alkyl halides is 3. The van der Waals surface area contributed by atoms with Gasteiger partial charge in [-0.15, -0.1) is 12.4 Å². The second-order valence-corrected chi connectivity index (χ2v) is 27.0. The molecule has 8 heterocycles. The molecule has 11 rings (SSSR count). The molecular formula is C72H90Cl4F3N19O9S. The van der Waals surface area contributed by atoms with Gasteiger partial charge in [0.2, 0.25) is 0 Å². The van der Waals surface area contributed by atoms with E-state index in [1.165, 1.54) is 12.1 Å². The Labute approximate surface area is 645 Å². The first-order valence-electron chi connectivity index (χ1n) is 34.4. The lowest BCUT2D eigenvalue weighted by molar-refractivity contribution is -0.0473. The van der Waals surface area contributed by atoms with E-state index in [1.54, 1.807) is 106 Å². The normalized spacial score (nSPS) is 12.8. The van der Waals surface area contributed by atoms with Crippen molar-refractivity contribution in [3.8, 4) is 0 Å². The Balaban J connectivity index is 0.000000215. The van der Waals surface area contributed by atoms with Crippen LogP contribution in [0.2, 0.25) is 15.1 Å². The smallest absolute Gasteiger partial charge is 0.481 e. The summed E-state index contributed by atoms with van der Waals surface area (Å²) in [6.45, 7) is 12.6. The van der Waals surface area contributed by atoms with Crippen LogP contribution in [0.4, 0.5) is 30.2 Å². The van der Waals surface area contributed by atoms with Crippen LogP contribution >= 0.6 is 47.2 Å². The van der Waals surface area contributed by atoms with Gasteiger partial charge in [0.15, 0.2) is 5.90 Å². The number of halogens is 7. The number of amidine groups is 2. The molecule has 0 fully saturated rings. The third kappa shape index (κ3) is 22.9. The van der Waals surface area contributed by atoms with Gasteiger partial charge in [0.05, 0.1) is 102 Å². The van der Waals surface area contributed by atoms with Crippen molar-refractivity contribution in [2.24, 2.45) is 21.7 Å². The minimum atomic E-state index is -5.58. The van der Waals surface area contributed by atoms with Crippen molar-refractivity contribution >= 4 is 127 Å². The Kier molecular flexibility index (Phi) is 32.8. The number of pyridine rings is 3. The molecule has 36 heteroatoms. The zero-order valence-corrected chi connectivity index (χ0v) is 64.7. The Morgan fingerprint density at radius 3 is 1.44 bits per heavy atom. The second kappa shape index (κ2) is 41.3. The van der Waals surface area contributed by atoms with Crippen LogP contribution in [0.15, 0.2) is 138 Å². The Hall–Kier alpha value is -9.35. The summed E-state index contributed by atoms with van der Waals surface area (Å²) in [6, 6.07) is 33.2. The van der Waals surface area contributed by atoms with Gasteiger partial charge in [-0.05, 0) is 116 Å². The lowest BCUT2D eigenvalue weighted by Crippen LogP contribution is -2.51. The molecule has 0 bridgehead atoms. The van der Waals surface area contributed by atoms with E-state index < -0.39 is 22.1 Å². The van der Waals surface area contributed by atoms with Gasteiger partial charge in [0.25, 0.3) is 17.7 Å². The SMILES string of the molecule is CCOC(=N)CCOC.CCc1nc2ccc(Cl)cn2c1C(=O)NCc1ccc(N(N)CCN)cc1.CCc1nc2ccc(Cl)cn2c1C(=O)NCc1ccc(N2CCN(S(=O)(=O)C(F)(F)F)C(CCOC)=N2)cc1.CCc1nc2ccc(Cl)cn2c1C(=O)NCc1ccc(N2CCN=C(CCOC)N2)cc1.Cl. The fraction of sp³-hybridized carbons (Fsp3) is 0.375. The summed E-state index contributed by atoms with van der Waals surface area (Å²) in [6.07, 6.45) is 8.15. The van der Waals surface area contributed by atoms with E-state index in [2.05, 4.69) is 51.4 Å². The molecular weight excluding hydrogens is 1510 g/mol. The average molecular weight is 1600 g/mol. The number of hydrogen-bond donors (Lipinski definition) is 7. The Morgan fingerprint density at radius 2 is 1.04 bits per heavy atom. The maximum absolute atomic E-state index is 13.2. The van der Waals surface area contributed by atoms with E-state index >= 15 is 0 Å². The number of carbonyl (C=O) groups is 3. The number of nitrogens with two attached hydrogens (primary N) is 2. The van der Waals surface area contributed by atoms with Gasteiger partial charge >= 0.3 is 15.5 Å². The fourth-order valence-corrected chi connectivity index (χ4v) is 12.6. The number of imidazole rings is 3. The number of ether oxygens (including phenoxy) is 4. The molecule has 0 aliphatic carbocycles. The Bertz CT molecular complexity index is 4670. The molecule has 0 saturated heterocycles. The van der Waals surface area contributed by atoms with Crippen LogP contribution in [-0.2, 0) is 67.9 Å². The third-order valence-electron chi connectivity index (χ3n) is 16.5. The molecule has 0 spiro atoms. The number of carbonyl (C=O) groups excluding carboxylic acids is 3. The highest BCUT2D eigenvalue weighted by molar-refractivity contribution is 7.90. The number of benzene rings is 3. The number of hydrazine groups is 2. The third-order valence-corrected chi connectivity index (χ3v) is 18.8. The zero-order chi connectivity index (χ0) is 77.4. The van der Waals surface area contributed by atoms with Crippen LogP contribution in [0.5, 0.6) is 0 Å². The topological polar surface area (TPSA) is 336 Å². The van der Waals surface area contributed by atoms with Crippen molar-refractivity contribution in [3.05, 3.63) is 194 Å². The summed E-state index contributed by atoms with van der Waals surface area (Å²) in [5.74, 6) is 6.19. The number of nitrogens with one attached hydrogen (secondary N) is 5. The first kappa shape index (κ1) is 85.9. The number of hydrazone groups is 1. The molecule has 108 heavy (non-hydrogen) atoms. The second-order valence-electron chi connectivity index (χ2n) is 23.9. The molecule has 2 aliphatic heterocycles. The molecule has 0 unspecified atom stereocenters. The monoisotopic (exact) mass is 1590 g/mol. The van der Waals surface area contributed by atoms with Crippen molar-refractivity contribution < 1.29 is 54.9 Å². The molecule has 3 aromatic carbocycles. The molecule has 0 atom stereocenters. The number of aromatic nitrogens is 6. The van der Waals surface area contributed by atoms with Gasteiger partial charge in [-0.1, -0.05) is 92.0 Å². The van der Waals surface area contributed by atoms with Gasteiger partial charge in [0.1, 0.15) is 45.7 Å². The summed E-state index contributed by atoms with van der Waals surface area (Å²) in [5, 5.41) is 26.8. The summed E-state index contributed by atoms with van der Waals surface area (Å²) in [4.78, 5) is 56.8. The van der Waals surface area contributed by atoms with Gasteiger partial charge in [-0.3, -0.25) is 53.4 Å². The number of hydrogen-bond acceptors (Lipinski definition) is 21. The number of rotatable bonds is 28. The van der Waals surface area contributed by atoms with E-state index in [-0.39, 0.29) is 66.4 Å². The van der Waals surface area contributed by atoms with E-state index in [1.807, 2.05) is 82.3 Å². The number of methoxy groups -OCH3 is 3. The van der Waals surface area contributed by atoms with Crippen LogP contribution in [0.3, 0.4) is 0 Å². The van der Waals surface area contributed by atoms with Crippen molar-refractivity contribution in [3.63, 3.8) is 0 Å². The van der Waals surface area contributed by atoms with Gasteiger partial charge in [0, 0.05) is 91.9 Å². The highest BCUT2D eigenvalue weighted by atomic mass is 35.5. The van der Waals surface area contributed by atoms with E-state index in [9.17, 15) is 36.0 Å². The van der Waals surface area contributed by atoms with E-state index in [0.717, 1.165) is 64.8 Å². The summed E-state index contributed by atoms with van der Waals surface area (Å²) in [5.41, 5.74) is 14.2. The molecule has 9 N–H and O–H groups in total. The summed E-state index contributed by atoms with van der Waals surface area (Å²) in [7, 11) is -0.927. The predicted octanol–water partition coefficient (Wildman–Crippen LogP) is 10.6. The number of nitrogens with zero attached hydrogens (tertiary/aromatic N) is 12. The quantitative estimate of drug-likeness (QED) is 0.0104. The lowest BCUT2D eigenvalue weighted by Gasteiger charge is -2.34. The lowest BCUT2D eigenvalue weighted by atomic mass is 10.2. The van der Waals surface area contributed by atoms with Gasteiger partial charge in [-0.25, -0.2) is 25.1 Å². The van der Waals surface area contributed by atoms with Crippen LogP contribution in [0.25, 0.3) is 16.9 Å². The average Bonchev–Trinajstić information content (AvgIpc) is 1.43. The van der Waals surface area contributed by atoms with Crippen LogP contribution in [0, 0.1) is 5.41 Å². The number of amides is 3. The maximum atomic E-state index is 13.2. The molecule has 2 aliphatic rings. The minimum absolute atomic E-state index is 0. The first-order chi connectivity index (χ1) is 51.4. The van der Waals surface area contributed by atoms with Crippen LogP contribution < -0.4 is 48.0 Å². The summed E-state index contributed by atoms with van der Waals surface area (Å²) < 4.78 is 88.6. The van der Waals surface area contributed by atoms with Crippen molar-refractivity contribution in [2.75, 3.05) is 102 Å². The van der Waals surface area contributed by atoms with E-state index in [4.69, 9.17) is 70.7 Å². The van der Waals surface area contributed by atoms with Gasteiger partial charge < -0.3 is 45.6 Å². The summed E-state index contributed by atoms with van der Waals surface area (Å²) >= 11 is 18.3. The van der Waals surface area contributed by atoms with Crippen LogP contribution in [-0.4, -0.2) is 169 Å². The fourth-order valence-electron chi connectivity index (χ4n) is 11.1. The van der Waals surface area contributed by atoms with Crippen molar-refractivity contribution in [2.45, 2.75) is 91.4 Å². The number of aliphatic imine (C=N–C) groups is 1. The largest absolute Gasteiger partial charge is 0.516 e. The first-order valence-corrected chi connectivity index (χ1v) is 37.0. The standard InChI is InChI=1S/C24H26ClF3N6O4S.C23H27ClN6O2.C19H23ClN6O.C6H13NO2.ClH/c1-3-19-22(32-15-17(25)6-9-20(32)30-19)23(35)29-14-16-4-7-18(8-5-16)33-11-12-34(21(31-33)10-13-38-2)39(36,37)24(26,27)28;1-3-19-22(29-15-17(24)6-9-21(29)27-19)23(31)26-14-16-4-7-18(8-5-16)30-12-11-25-20(28-30)10-13-32-2;1-2-16-18(25-12-14(20)5-8-17(25)24-16)19(27)23-11-13-3-6-15(7-4-13)26(22)10-9-21;1-3-9-6(7)4-5-8-2;/h4-9,15H,3,10-14H2,1-2H3,(H,29,35);4-9,15H,3,10-14H2,1-2H3,(H,25,28)(H,26,31);3-8,12H,2,9-11,21-22H2,1H3,(H,23,27);7H,3-5H2,1-2H3;1H. The van der Waals surface area contributed by atoms with E-state index in [0.29, 0.717) is 138 Å². The minimum Gasteiger partial charge on any atom is -0.481 e. The molecule has 3 amide bonds. The molecule has 0 radical (unpaired) electrons. The molecule has 582 valence electrons. The van der Waals surface area contributed by atoms with Crippen molar-refractivity contribution in [1.82, 2.24) is 53.8 Å². The number of aryl methyl sites for hydroxylation is 3. The number of sulfonamides is 1. The van der Waals surface area contributed by atoms with Crippen molar-refractivity contribution in [1.29, 1.82) is 5.41 Å². The highest BCUT2D eigenvalue weighted by Crippen LogP contribution is 2.31. The molecule has 0 saturated carbocycles. The highest BCUT2D eigenvalue weighted by Gasteiger charge is 2.52. The number of fused-ring (bicyclic) bond motifs is 3. The zero-order valence-electron chi connectivity index (χ0n) is 60.8. The molecule has 28 nitrogen and oxygen atoms in total. The molecule has 6 aromatic heterocycles. The van der Waals surface area contributed by atoms with Crippen LogP contribution in [0.1, 0.15) is 112 Å². The molecule has 9 aromatic rings. The number of anilines is 3. The van der Waals surface area contributed by atoms with Gasteiger partial charge in [-0.2, -0.15) is 26.7 Å². The maximum Gasteiger partial charge on any atom is 0.516 e. The predicted molar refractivity (Wildman–Crippen MR) is 417 cm³/mol. The Morgan fingerprint density at radius 1 is 0.611 bits per heavy atom.